The average molecular weight is 515 g/mol. The van der Waals surface area contributed by atoms with E-state index < -0.39 is 33.4 Å². The van der Waals surface area contributed by atoms with Crippen LogP contribution in [0.1, 0.15) is 64.9 Å². The predicted octanol–water partition coefficient (Wildman–Crippen LogP) is 3.60. The summed E-state index contributed by atoms with van der Waals surface area (Å²) < 4.78 is 35.7. The van der Waals surface area contributed by atoms with Crippen molar-refractivity contribution in [3.8, 4) is 11.5 Å². The summed E-state index contributed by atoms with van der Waals surface area (Å²) in [7, 11) is -2.13. The van der Waals surface area contributed by atoms with E-state index in [1.54, 1.807) is 37.3 Å². The van der Waals surface area contributed by atoms with Crippen molar-refractivity contribution in [1.29, 1.82) is 0 Å². The van der Waals surface area contributed by atoms with Crippen LogP contribution < -0.4 is 14.8 Å². The Kier molecular flexibility index (Phi) is 7.35. The number of nitrogens with zero attached hydrogens (tertiary/aromatic N) is 1. The zero-order chi connectivity index (χ0) is 26.0. The minimum Gasteiger partial charge on any atom is -0.493 e. The highest BCUT2D eigenvalue weighted by molar-refractivity contribution is 7.90. The lowest BCUT2D eigenvalue weighted by Crippen LogP contribution is -2.37. The maximum Gasteiger partial charge on any atom is 0.264 e. The molecule has 192 valence electrons. The summed E-state index contributed by atoms with van der Waals surface area (Å²) in [4.78, 5) is 40.9. The van der Waals surface area contributed by atoms with Gasteiger partial charge >= 0.3 is 0 Å². The van der Waals surface area contributed by atoms with E-state index in [-0.39, 0.29) is 28.6 Å². The van der Waals surface area contributed by atoms with Crippen LogP contribution in [0.4, 0.5) is 5.69 Å². The molecule has 0 bridgehead atoms. The molecule has 0 saturated heterocycles. The molecule has 0 spiro atoms. The number of sulfone groups is 1. The van der Waals surface area contributed by atoms with E-state index in [1.807, 2.05) is 0 Å². The molecule has 4 rings (SSSR count). The monoisotopic (exact) mass is 514 g/mol. The number of ether oxygens (including phenoxy) is 2. The van der Waals surface area contributed by atoms with Crippen LogP contribution in [0.2, 0.25) is 0 Å². The standard InChI is InChI=1S/C26H30N2O7S/c1-4-35-22-14-17(12-13-21(22)34-2)20(15-36(3,32)33)28-25(30)18-10-7-11-19(23(18)26(28)31)27-24(29)16-8-5-6-9-16/h7,10-14,16,20H,4-6,8-9,15H2,1-3H3,(H,27,29). The van der Waals surface area contributed by atoms with Crippen molar-refractivity contribution in [2.75, 3.05) is 31.0 Å². The largest absolute Gasteiger partial charge is 0.493 e. The Morgan fingerprint density at radius 3 is 2.47 bits per heavy atom. The van der Waals surface area contributed by atoms with Gasteiger partial charge in [-0.3, -0.25) is 19.3 Å². The number of fused-ring (bicyclic) bond motifs is 1. The Balaban J connectivity index is 1.74. The maximum atomic E-state index is 13.7. The highest BCUT2D eigenvalue weighted by Crippen LogP contribution is 2.39. The molecule has 2 aliphatic rings. The summed E-state index contributed by atoms with van der Waals surface area (Å²) in [6, 6.07) is 8.42. The number of hydrogen-bond donors (Lipinski definition) is 1. The number of anilines is 1. The average Bonchev–Trinajstić information content (AvgIpc) is 3.45. The zero-order valence-corrected chi connectivity index (χ0v) is 21.4. The number of carbonyl (C=O) groups excluding carboxylic acids is 3. The topological polar surface area (TPSA) is 119 Å². The lowest BCUT2D eigenvalue weighted by molar-refractivity contribution is -0.119. The van der Waals surface area contributed by atoms with Crippen molar-refractivity contribution in [2.24, 2.45) is 5.92 Å². The molecule has 10 heteroatoms. The molecule has 2 aromatic carbocycles. The van der Waals surface area contributed by atoms with E-state index in [0.29, 0.717) is 23.7 Å². The van der Waals surface area contributed by atoms with Gasteiger partial charge in [0, 0.05) is 12.2 Å². The van der Waals surface area contributed by atoms with Crippen LogP contribution in [-0.2, 0) is 14.6 Å². The SMILES string of the molecule is CCOc1cc(C(CS(C)(=O)=O)N2C(=O)c3cccc(NC(=O)C4CCCC4)c3C2=O)ccc1OC. The molecule has 1 unspecified atom stereocenters. The van der Waals surface area contributed by atoms with Gasteiger partial charge in [0.2, 0.25) is 5.91 Å². The Bertz CT molecular complexity index is 1300. The fraction of sp³-hybridized carbons (Fsp3) is 0.423. The van der Waals surface area contributed by atoms with E-state index in [1.165, 1.54) is 13.2 Å². The van der Waals surface area contributed by atoms with Gasteiger partial charge in [-0.25, -0.2) is 8.42 Å². The van der Waals surface area contributed by atoms with Gasteiger partial charge in [-0.05, 0) is 49.6 Å². The maximum absolute atomic E-state index is 13.7. The van der Waals surface area contributed by atoms with Gasteiger partial charge in [-0.1, -0.05) is 25.0 Å². The van der Waals surface area contributed by atoms with Crippen molar-refractivity contribution >= 4 is 33.2 Å². The number of methoxy groups -OCH3 is 1. The van der Waals surface area contributed by atoms with E-state index >= 15 is 0 Å². The fourth-order valence-electron chi connectivity index (χ4n) is 4.89. The molecule has 3 amide bonds. The van der Waals surface area contributed by atoms with Crippen molar-refractivity contribution in [1.82, 2.24) is 4.90 Å². The van der Waals surface area contributed by atoms with E-state index in [2.05, 4.69) is 5.32 Å². The molecule has 1 aliphatic carbocycles. The first-order chi connectivity index (χ1) is 17.1. The lowest BCUT2D eigenvalue weighted by atomic mass is 10.0. The number of amides is 3. The van der Waals surface area contributed by atoms with Gasteiger partial charge in [0.25, 0.3) is 11.8 Å². The third-order valence-electron chi connectivity index (χ3n) is 6.57. The summed E-state index contributed by atoms with van der Waals surface area (Å²) >= 11 is 0. The second kappa shape index (κ2) is 10.3. The van der Waals surface area contributed by atoms with Crippen molar-refractivity contribution in [3.05, 3.63) is 53.1 Å². The highest BCUT2D eigenvalue weighted by Gasteiger charge is 2.43. The molecule has 36 heavy (non-hydrogen) atoms. The predicted molar refractivity (Wildman–Crippen MR) is 134 cm³/mol. The molecule has 1 aliphatic heterocycles. The summed E-state index contributed by atoms with van der Waals surface area (Å²) in [6.45, 7) is 2.14. The number of benzene rings is 2. The molecule has 0 aromatic heterocycles. The van der Waals surface area contributed by atoms with Crippen LogP contribution in [0.25, 0.3) is 0 Å². The minimum absolute atomic E-state index is 0.0749. The van der Waals surface area contributed by atoms with Crippen LogP contribution in [0.3, 0.4) is 0 Å². The van der Waals surface area contributed by atoms with Crippen LogP contribution in [-0.4, -0.2) is 56.8 Å². The van der Waals surface area contributed by atoms with Gasteiger partial charge < -0.3 is 14.8 Å². The van der Waals surface area contributed by atoms with E-state index in [0.717, 1.165) is 36.8 Å². The van der Waals surface area contributed by atoms with Crippen molar-refractivity contribution < 1.29 is 32.3 Å². The van der Waals surface area contributed by atoms with Gasteiger partial charge in [-0.15, -0.1) is 0 Å². The molecule has 1 heterocycles. The smallest absolute Gasteiger partial charge is 0.264 e. The number of nitrogens with one attached hydrogen (secondary N) is 1. The summed E-state index contributed by atoms with van der Waals surface area (Å²) in [5, 5.41) is 2.83. The molecule has 1 saturated carbocycles. The third kappa shape index (κ3) is 5.09. The Hall–Kier alpha value is -3.40. The van der Waals surface area contributed by atoms with Gasteiger partial charge in [0.15, 0.2) is 11.5 Å². The van der Waals surface area contributed by atoms with Gasteiger partial charge in [0.1, 0.15) is 9.84 Å². The Labute approximate surface area is 210 Å². The Morgan fingerprint density at radius 2 is 1.83 bits per heavy atom. The fourth-order valence-corrected chi connectivity index (χ4v) is 5.80. The summed E-state index contributed by atoms with van der Waals surface area (Å²) in [6.07, 6.45) is 4.59. The van der Waals surface area contributed by atoms with Crippen LogP contribution in [0, 0.1) is 5.92 Å². The summed E-state index contributed by atoms with van der Waals surface area (Å²) in [5.74, 6) is -1.23. The first-order valence-electron chi connectivity index (χ1n) is 11.9. The molecule has 1 fully saturated rings. The van der Waals surface area contributed by atoms with Crippen molar-refractivity contribution in [3.63, 3.8) is 0 Å². The molecular weight excluding hydrogens is 484 g/mol. The summed E-state index contributed by atoms with van der Waals surface area (Å²) in [5.41, 5.74) is 0.871. The van der Waals surface area contributed by atoms with E-state index in [9.17, 15) is 22.8 Å². The first-order valence-corrected chi connectivity index (χ1v) is 14.0. The van der Waals surface area contributed by atoms with Gasteiger partial charge in [0.05, 0.1) is 42.3 Å². The van der Waals surface area contributed by atoms with Gasteiger partial charge in [-0.2, -0.15) is 0 Å². The van der Waals surface area contributed by atoms with Crippen LogP contribution in [0.5, 0.6) is 11.5 Å². The molecule has 9 nitrogen and oxygen atoms in total. The molecule has 1 atom stereocenters. The molecule has 1 N–H and O–H groups in total. The van der Waals surface area contributed by atoms with Crippen LogP contribution >= 0.6 is 0 Å². The van der Waals surface area contributed by atoms with Crippen molar-refractivity contribution in [2.45, 2.75) is 38.6 Å². The molecular formula is C26H30N2O7S. The zero-order valence-electron chi connectivity index (χ0n) is 20.6. The third-order valence-corrected chi connectivity index (χ3v) is 7.50. The number of rotatable bonds is 9. The molecule has 2 aromatic rings. The van der Waals surface area contributed by atoms with E-state index in [4.69, 9.17) is 9.47 Å². The normalized spacial score (nSPS) is 16.7. The minimum atomic E-state index is -3.61. The number of hydrogen-bond acceptors (Lipinski definition) is 7. The van der Waals surface area contributed by atoms with Crippen LogP contribution in [0.15, 0.2) is 36.4 Å². The Morgan fingerprint density at radius 1 is 1.11 bits per heavy atom. The highest BCUT2D eigenvalue weighted by atomic mass is 32.2. The first kappa shape index (κ1) is 25.7. The molecule has 0 radical (unpaired) electrons. The number of imide groups is 1. The quantitative estimate of drug-likeness (QED) is 0.508. The second-order valence-electron chi connectivity index (χ2n) is 9.13. The second-order valence-corrected chi connectivity index (χ2v) is 11.3. The number of carbonyl (C=O) groups is 3. The lowest BCUT2D eigenvalue weighted by Gasteiger charge is -2.27.